The maximum Gasteiger partial charge on any atom is 0.430 e. The molecule has 1 N–H and O–H groups in total. The second-order valence-corrected chi connectivity index (χ2v) is 6.14. The first-order chi connectivity index (χ1) is 12.2. The highest BCUT2D eigenvalue weighted by Gasteiger charge is 2.48. The molecular weight excluding hydrogens is 396 g/mol. The number of aliphatic carboxylic acids is 1. The van der Waals surface area contributed by atoms with E-state index in [-0.39, 0.29) is 27.8 Å². The number of carbonyl (C=O) groups is 1. The van der Waals surface area contributed by atoms with Crippen molar-refractivity contribution in [2.24, 2.45) is 0 Å². The van der Waals surface area contributed by atoms with Gasteiger partial charge in [0.2, 0.25) is 6.10 Å². The number of hydrogen-bond acceptors (Lipinski definition) is 3. The summed E-state index contributed by atoms with van der Waals surface area (Å²) < 4.78 is 49.9. The van der Waals surface area contributed by atoms with Crippen molar-refractivity contribution >= 4 is 35.2 Å². The minimum absolute atomic E-state index is 0.00428. The van der Waals surface area contributed by atoms with E-state index in [1.807, 2.05) is 0 Å². The molecule has 0 radical (unpaired) electrons. The normalized spacial score (nSPS) is 16.3. The van der Waals surface area contributed by atoms with E-state index in [4.69, 9.17) is 37.8 Å². The van der Waals surface area contributed by atoms with Crippen molar-refractivity contribution in [3.8, 4) is 17.2 Å². The lowest BCUT2D eigenvalue weighted by Crippen LogP contribution is -2.40. The molecule has 1 atom stereocenters. The zero-order chi connectivity index (χ0) is 19.1. The van der Waals surface area contributed by atoms with Gasteiger partial charge in [0.1, 0.15) is 11.5 Å². The smallest absolute Gasteiger partial charge is 0.430 e. The van der Waals surface area contributed by atoms with Gasteiger partial charge in [0.05, 0.1) is 16.2 Å². The summed E-state index contributed by atoms with van der Waals surface area (Å²) in [5.74, 6) is -1.72. The highest BCUT2D eigenvalue weighted by atomic mass is 35.5. The number of rotatable bonds is 3. The van der Waals surface area contributed by atoms with Crippen LogP contribution in [-0.2, 0) is 4.79 Å². The van der Waals surface area contributed by atoms with Crippen LogP contribution in [0.1, 0.15) is 5.56 Å². The van der Waals surface area contributed by atoms with Gasteiger partial charge >= 0.3 is 12.1 Å². The highest BCUT2D eigenvalue weighted by molar-refractivity contribution is 6.32. The minimum atomic E-state index is -4.89. The molecule has 0 saturated heterocycles. The van der Waals surface area contributed by atoms with E-state index in [0.29, 0.717) is 5.02 Å². The van der Waals surface area contributed by atoms with Gasteiger partial charge in [-0.3, -0.25) is 0 Å². The first kappa shape index (κ1) is 18.4. The van der Waals surface area contributed by atoms with E-state index in [9.17, 15) is 18.0 Å². The van der Waals surface area contributed by atoms with Crippen LogP contribution in [0.25, 0.3) is 6.08 Å². The van der Waals surface area contributed by atoms with Gasteiger partial charge in [0, 0.05) is 5.02 Å². The molecule has 0 amide bonds. The van der Waals surface area contributed by atoms with Crippen LogP contribution in [0, 0.1) is 0 Å². The minimum Gasteiger partial charge on any atom is -0.478 e. The van der Waals surface area contributed by atoms with Crippen molar-refractivity contribution in [1.29, 1.82) is 0 Å². The van der Waals surface area contributed by atoms with E-state index in [0.717, 1.165) is 6.08 Å². The maximum atomic E-state index is 13.1. The Hall–Kier alpha value is -2.38. The van der Waals surface area contributed by atoms with Crippen molar-refractivity contribution in [3.05, 3.63) is 57.6 Å². The molecule has 136 valence electrons. The lowest BCUT2D eigenvalue weighted by atomic mass is 10.0. The predicted molar refractivity (Wildman–Crippen MR) is 89.1 cm³/mol. The molecule has 1 heterocycles. The Labute approximate surface area is 155 Å². The summed E-state index contributed by atoms with van der Waals surface area (Å²) in [5, 5.41) is 9.59. The second kappa shape index (κ2) is 6.74. The fourth-order valence-electron chi connectivity index (χ4n) is 2.39. The molecular formula is C17H9Cl2F3O4. The van der Waals surface area contributed by atoms with Crippen LogP contribution in [0.2, 0.25) is 10.0 Å². The molecule has 0 unspecified atom stereocenters. The van der Waals surface area contributed by atoms with Crippen molar-refractivity contribution in [2.75, 3.05) is 0 Å². The molecule has 0 spiro atoms. The van der Waals surface area contributed by atoms with E-state index < -0.39 is 23.8 Å². The molecule has 2 aromatic carbocycles. The van der Waals surface area contributed by atoms with Gasteiger partial charge in [-0.05, 0) is 36.4 Å². The molecule has 0 saturated carbocycles. The van der Waals surface area contributed by atoms with Crippen LogP contribution < -0.4 is 9.47 Å². The highest BCUT2D eigenvalue weighted by Crippen LogP contribution is 2.45. The summed E-state index contributed by atoms with van der Waals surface area (Å²) in [5.41, 5.74) is -0.974. The van der Waals surface area contributed by atoms with Gasteiger partial charge in [0.15, 0.2) is 5.75 Å². The Bertz CT molecular complexity index is 909. The fourth-order valence-corrected chi connectivity index (χ4v) is 2.77. The topological polar surface area (TPSA) is 55.8 Å². The van der Waals surface area contributed by atoms with Gasteiger partial charge in [-0.25, -0.2) is 4.79 Å². The number of fused-ring (bicyclic) bond motifs is 1. The fraction of sp³-hybridized carbons (Fsp3) is 0.118. The molecule has 2 aromatic rings. The van der Waals surface area contributed by atoms with Crippen molar-refractivity contribution in [3.63, 3.8) is 0 Å². The average molecular weight is 405 g/mol. The zero-order valence-electron chi connectivity index (χ0n) is 12.7. The van der Waals surface area contributed by atoms with Gasteiger partial charge in [0.25, 0.3) is 0 Å². The number of benzene rings is 2. The molecule has 9 heteroatoms. The molecule has 0 bridgehead atoms. The maximum absolute atomic E-state index is 13.1. The summed E-state index contributed by atoms with van der Waals surface area (Å²) >= 11 is 12.0. The third kappa shape index (κ3) is 3.59. The molecule has 0 aromatic heterocycles. The Kier molecular flexibility index (Phi) is 4.77. The van der Waals surface area contributed by atoms with Crippen molar-refractivity contribution in [2.45, 2.75) is 12.3 Å². The van der Waals surface area contributed by atoms with Crippen molar-refractivity contribution < 1.29 is 32.5 Å². The number of alkyl halides is 3. The summed E-state index contributed by atoms with van der Waals surface area (Å²) in [6, 6.07) is 8.77. The van der Waals surface area contributed by atoms with E-state index in [2.05, 4.69) is 0 Å². The third-order valence-electron chi connectivity index (χ3n) is 3.50. The molecule has 1 aliphatic heterocycles. The number of hydrogen-bond donors (Lipinski definition) is 1. The largest absolute Gasteiger partial charge is 0.478 e. The summed E-state index contributed by atoms with van der Waals surface area (Å²) in [6.45, 7) is 0. The van der Waals surface area contributed by atoms with Crippen LogP contribution in [0.3, 0.4) is 0 Å². The SMILES string of the molecule is O=C(O)C1=Cc2c(ccc(Cl)c2Oc2cccc(Cl)c2)O[C@H]1C(F)(F)F. The monoisotopic (exact) mass is 404 g/mol. The van der Waals surface area contributed by atoms with E-state index in [1.54, 1.807) is 18.2 Å². The molecule has 3 rings (SSSR count). The van der Waals surface area contributed by atoms with E-state index >= 15 is 0 Å². The summed E-state index contributed by atoms with van der Waals surface area (Å²) in [7, 11) is 0. The van der Waals surface area contributed by atoms with Crippen LogP contribution >= 0.6 is 23.2 Å². The van der Waals surface area contributed by atoms with Crippen LogP contribution in [0.5, 0.6) is 17.2 Å². The van der Waals surface area contributed by atoms with Gasteiger partial charge in [-0.1, -0.05) is 29.3 Å². The number of ether oxygens (including phenoxy) is 2. The third-order valence-corrected chi connectivity index (χ3v) is 4.03. The first-order valence-corrected chi connectivity index (χ1v) is 7.86. The Morgan fingerprint density at radius 1 is 1.19 bits per heavy atom. The molecule has 26 heavy (non-hydrogen) atoms. The summed E-state index contributed by atoms with van der Waals surface area (Å²) in [6.07, 6.45) is -6.63. The van der Waals surface area contributed by atoms with Gasteiger partial charge < -0.3 is 14.6 Å². The van der Waals surface area contributed by atoms with Crippen LogP contribution in [0.15, 0.2) is 42.0 Å². The summed E-state index contributed by atoms with van der Waals surface area (Å²) in [4.78, 5) is 11.3. The molecule has 0 fully saturated rings. The molecule has 0 aliphatic carbocycles. The predicted octanol–water partition coefficient (Wildman–Crippen LogP) is 5.58. The number of carboxylic acid groups (broad SMARTS) is 1. The first-order valence-electron chi connectivity index (χ1n) is 7.11. The van der Waals surface area contributed by atoms with E-state index in [1.165, 1.54) is 18.2 Å². The lowest BCUT2D eigenvalue weighted by Gasteiger charge is -2.28. The van der Waals surface area contributed by atoms with Crippen LogP contribution in [-0.4, -0.2) is 23.4 Å². The number of carboxylic acids is 1. The second-order valence-electron chi connectivity index (χ2n) is 5.29. The number of halogens is 5. The quantitative estimate of drug-likeness (QED) is 0.725. The van der Waals surface area contributed by atoms with Crippen LogP contribution in [0.4, 0.5) is 13.2 Å². The average Bonchev–Trinajstić information content (AvgIpc) is 2.55. The Morgan fingerprint density at radius 3 is 2.54 bits per heavy atom. The van der Waals surface area contributed by atoms with Gasteiger partial charge in [-0.15, -0.1) is 0 Å². The molecule has 4 nitrogen and oxygen atoms in total. The Balaban J connectivity index is 2.11. The van der Waals surface area contributed by atoms with Gasteiger partial charge in [-0.2, -0.15) is 13.2 Å². The zero-order valence-corrected chi connectivity index (χ0v) is 14.2. The molecule has 1 aliphatic rings. The lowest BCUT2D eigenvalue weighted by molar-refractivity contribution is -0.187. The van der Waals surface area contributed by atoms with Crippen molar-refractivity contribution in [1.82, 2.24) is 0 Å². The Morgan fingerprint density at radius 2 is 1.92 bits per heavy atom. The standard InChI is InChI=1S/C17H9Cl2F3O4/c18-8-2-1-3-9(6-8)25-14-10-7-11(16(23)24)15(17(20,21)22)26-13(10)5-4-12(14)19/h1-7,15H,(H,23,24)/t15-/m1/s1.